The van der Waals surface area contributed by atoms with Gasteiger partial charge in [-0.15, -0.1) is 0 Å². The molecule has 1 N–H and O–H groups in total. The second-order valence-corrected chi connectivity index (χ2v) is 8.08. The molecule has 204 valence electrons. The maximum Gasteiger partial charge on any atom is 0.269 e. The molecule has 0 saturated heterocycles. The van der Waals surface area contributed by atoms with E-state index in [2.05, 4.69) is 19.9 Å². The lowest BCUT2D eigenvalue weighted by Crippen LogP contribution is -2.28. The van der Waals surface area contributed by atoms with Gasteiger partial charge in [-0.1, -0.05) is 0 Å². The van der Waals surface area contributed by atoms with E-state index in [-0.39, 0.29) is 45.9 Å². The highest BCUT2D eigenvalue weighted by Gasteiger charge is 2.25. The Labute approximate surface area is 230 Å². The predicted molar refractivity (Wildman–Crippen MR) is 144 cm³/mol. The fourth-order valence-electron chi connectivity index (χ4n) is 3.56. The van der Waals surface area contributed by atoms with Crippen LogP contribution < -0.4 is 19.8 Å². The molecule has 0 aliphatic carbocycles. The van der Waals surface area contributed by atoms with Crippen molar-refractivity contribution in [1.29, 1.82) is 0 Å². The van der Waals surface area contributed by atoms with Gasteiger partial charge in [0.15, 0.2) is 23.1 Å². The number of hydrogen-bond acceptors (Lipinski definition) is 13. The molecule has 41 heavy (non-hydrogen) atoms. The van der Waals surface area contributed by atoms with E-state index in [1.54, 1.807) is 12.1 Å². The first-order valence-electron chi connectivity index (χ1n) is 11.7. The van der Waals surface area contributed by atoms with Crippen molar-refractivity contribution in [3.05, 3.63) is 124 Å². The quantitative estimate of drug-likeness (QED) is 0.179. The van der Waals surface area contributed by atoms with Crippen LogP contribution in [-0.2, 0) is 0 Å². The van der Waals surface area contributed by atoms with Gasteiger partial charge in [0, 0.05) is 54.9 Å². The van der Waals surface area contributed by atoms with Crippen molar-refractivity contribution in [1.82, 2.24) is 19.9 Å². The van der Waals surface area contributed by atoms with E-state index in [0.29, 0.717) is 5.69 Å². The number of aromatic hydroxyl groups is 1. The Bertz CT molecular complexity index is 1660. The number of benzene rings is 3. The summed E-state index contributed by atoms with van der Waals surface area (Å²) in [5, 5.41) is 35.3. The molecular formula is C26H18N8O7. The smallest absolute Gasteiger partial charge is 0.269 e. The van der Waals surface area contributed by atoms with E-state index in [9.17, 15) is 25.3 Å². The molecule has 0 saturated carbocycles. The van der Waals surface area contributed by atoms with Crippen LogP contribution in [0.1, 0.15) is 0 Å². The largest absolute Gasteiger partial charge is 0.508 e. The second kappa shape index (κ2) is 11.6. The van der Waals surface area contributed by atoms with Crippen molar-refractivity contribution in [2.24, 2.45) is 0 Å². The topological polar surface area (TPSA) is 183 Å². The molecule has 0 aliphatic heterocycles. The Morgan fingerprint density at radius 1 is 0.634 bits per heavy atom. The molecule has 0 atom stereocenters. The fourth-order valence-corrected chi connectivity index (χ4v) is 3.56. The number of phenolic OH excluding ortho intramolecular Hbond substituents is 1. The number of phenols is 1. The number of nitro groups is 2. The third-order valence-electron chi connectivity index (χ3n) is 5.43. The molecule has 3 aromatic carbocycles. The first-order valence-corrected chi connectivity index (χ1v) is 11.7. The van der Waals surface area contributed by atoms with Crippen LogP contribution in [0, 0.1) is 20.2 Å². The number of non-ortho nitro benzene ring substituents is 2. The number of rotatable bonds is 10. The van der Waals surface area contributed by atoms with Crippen LogP contribution in [0.3, 0.4) is 0 Å². The molecule has 5 aromatic rings. The van der Waals surface area contributed by atoms with E-state index in [1.165, 1.54) is 102 Å². The molecular weight excluding hydrogens is 536 g/mol. The zero-order valence-electron chi connectivity index (χ0n) is 20.8. The normalized spacial score (nSPS) is 10.4. The summed E-state index contributed by atoms with van der Waals surface area (Å²) in [5.41, 5.74) is 0.251. The SMILES string of the molecule is O=[N+]([O-])c1ccc(ON(c2ccncn2)c2ccc(O)cc2N(Oc2ccc([N+](=O)[O-])cc2)c2ccncn2)cc1. The predicted octanol–water partition coefficient (Wildman–Crippen LogP) is 5.05. The summed E-state index contributed by atoms with van der Waals surface area (Å²) in [4.78, 5) is 49.8. The van der Waals surface area contributed by atoms with Crippen LogP contribution in [-0.4, -0.2) is 34.9 Å². The second-order valence-electron chi connectivity index (χ2n) is 8.08. The maximum atomic E-state index is 11.1. The lowest BCUT2D eigenvalue weighted by Gasteiger charge is -2.30. The first-order chi connectivity index (χ1) is 19.9. The molecule has 5 rings (SSSR count). The van der Waals surface area contributed by atoms with Crippen molar-refractivity contribution < 1.29 is 24.6 Å². The van der Waals surface area contributed by atoms with Crippen LogP contribution in [0.4, 0.5) is 34.4 Å². The van der Waals surface area contributed by atoms with Crippen LogP contribution in [0.5, 0.6) is 17.2 Å². The molecule has 0 fully saturated rings. The zero-order chi connectivity index (χ0) is 28.8. The highest BCUT2D eigenvalue weighted by molar-refractivity contribution is 5.79. The van der Waals surface area contributed by atoms with Gasteiger partial charge in [0.2, 0.25) is 0 Å². The monoisotopic (exact) mass is 554 g/mol. The van der Waals surface area contributed by atoms with Crippen molar-refractivity contribution in [3.8, 4) is 17.2 Å². The molecule has 0 bridgehead atoms. The summed E-state index contributed by atoms with van der Waals surface area (Å²) < 4.78 is 0. The van der Waals surface area contributed by atoms with Crippen molar-refractivity contribution in [2.75, 3.05) is 10.1 Å². The molecule has 0 amide bonds. The van der Waals surface area contributed by atoms with Crippen LogP contribution in [0.2, 0.25) is 0 Å². The minimum Gasteiger partial charge on any atom is -0.508 e. The minimum absolute atomic E-state index is 0.123. The number of anilines is 4. The van der Waals surface area contributed by atoms with Crippen LogP contribution >= 0.6 is 0 Å². The van der Waals surface area contributed by atoms with Gasteiger partial charge in [-0.05, 0) is 36.4 Å². The van der Waals surface area contributed by atoms with Gasteiger partial charge in [-0.3, -0.25) is 20.2 Å². The van der Waals surface area contributed by atoms with Crippen molar-refractivity contribution in [2.45, 2.75) is 0 Å². The summed E-state index contributed by atoms with van der Waals surface area (Å²) >= 11 is 0. The van der Waals surface area contributed by atoms with Crippen molar-refractivity contribution >= 4 is 34.4 Å². The van der Waals surface area contributed by atoms with E-state index in [1.807, 2.05) is 0 Å². The molecule has 15 heteroatoms. The average Bonchev–Trinajstić information content (AvgIpc) is 3.00. The lowest BCUT2D eigenvalue weighted by molar-refractivity contribution is -0.385. The molecule has 0 unspecified atom stereocenters. The van der Waals surface area contributed by atoms with Gasteiger partial charge >= 0.3 is 0 Å². The van der Waals surface area contributed by atoms with E-state index in [4.69, 9.17) is 9.68 Å². The van der Waals surface area contributed by atoms with E-state index >= 15 is 0 Å². The summed E-state index contributed by atoms with van der Waals surface area (Å²) in [6, 6.07) is 18.2. The zero-order valence-corrected chi connectivity index (χ0v) is 20.8. The number of hydrogen-bond donors (Lipinski definition) is 1. The summed E-state index contributed by atoms with van der Waals surface area (Å²) in [7, 11) is 0. The van der Waals surface area contributed by atoms with Gasteiger partial charge < -0.3 is 14.8 Å². The molecule has 15 nitrogen and oxygen atoms in total. The summed E-state index contributed by atoms with van der Waals surface area (Å²) in [6.07, 6.45) is 5.56. The Kier molecular flexibility index (Phi) is 7.40. The number of nitrogens with zero attached hydrogens (tertiary/aromatic N) is 8. The Morgan fingerprint density at radius 2 is 1.10 bits per heavy atom. The van der Waals surface area contributed by atoms with Gasteiger partial charge in [0.05, 0.1) is 9.85 Å². The first kappa shape index (κ1) is 26.2. The molecule has 2 aromatic heterocycles. The minimum atomic E-state index is -0.533. The van der Waals surface area contributed by atoms with Crippen LogP contribution in [0.15, 0.2) is 104 Å². The molecule has 2 heterocycles. The standard InChI is InChI=1S/C26H18N8O7/c35-20-5-10-23(31(25-11-13-27-16-29-25)40-21-6-1-18(2-7-21)33(36)37)24(15-20)32(26-12-14-28-17-30-26)41-22-8-3-19(4-9-22)34(38)39/h1-17,35H. The van der Waals surface area contributed by atoms with E-state index in [0.717, 1.165) is 0 Å². The van der Waals surface area contributed by atoms with Gasteiger partial charge in [0.1, 0.15) is 29.8 Å². The number of aromatic nitrogens is 4. The molecule has 0 aliphatic rings. The highest BCUT2D eigenvalue weighted by Crippen LogP contribution is 2.40. The maximum absolute atomic E-state index is 11.1. The van der Waals surface area contributed by atoms with Gasteiger partial charge in [-0.25, -0.2) is 19.9 Å². The third kappa shape index (κ3) is 6.04. The highest BCUT2D eigenvalue weighted by atomic mass is 16.7. The van der Waals surface area contributed by atoms with Crippen LogP contribution in [0.25, 0.3) is 0 Å². The Morgan fingerprint density at radius 3 is 1.51 bits per heavy atom. The average molecular weight is 554 g/mol. The Balaban J connectivity index is 1.62. The molecule has 0 radical (unpaired) electrons. The molecule has 0 spiro atoms. The lowest BCUT2D eigenvalue weighted by atomic mass is 10.2. The van der Waals surface area contributed by atoms with Gasteiger partial charge in [0.25, 0.3) is 11.4 Å². The number of nitro benzene ring substituents is 2. The van der Waals surface area contributed by atoms with E-state index < -0.39 is 9.85 Å². The Hall–Kier alpha value is -6.38. The summed E-state index contributed by atoms with van der Waals surface area (Å²) in [6.45, 7) is 0. The summed E-state index contributed by atoms with van der Waals surface area (Å²) in [5.74, 6) is 0.825. The van der Waals surface area contributed by atoms with Gasteiger partial charge in [-0.2, -0.15) is 10.1 Å². The third-order valence-corrected chi connectivity index (χ3v) is 5.43. The fraction of sp³-hybridized carbons (Fsp3) is 0. The van der Waals surface area contributed by atoms with Crippen molar-refractivity contribution in [3.63, 3.8) is 0 Å².